The third-order valence-electron chi connectivity index (χ3n) is 5.08. The number of sulfonamides is 1. The van der Waals surface area contributed by atoms with Crippen molar-refractivity contribution in [1.82, 2.24) is 13.8 Å². The third kappa shape index (κ3) is 4.57. The van der Waals surface area contributed by atoms with Crippen molar-refractivity contribution in [3.8, 4) is 0 Å². The summed E-state index contributed by atoms with van der Waals surface area (Å²) in [6.07, 6.45) is 2.47. The SMILES string of the molecule is CS(=O)(=O)N1CCN([C@H](C(=O)O)c2cn(CCC(=O)O)c3cc(F)ccc23)CC1. The average Bonchev–Trinajstić information content (AvgIpc) is 2.97. The summed E-state index contributed by atoms with van der Waals surface area (Å²) in [5.41, 5.74) is 0.841. The number of carboxylic acids is 2. The predicted octanol–water partition coefficient (Wildman–Crippen LogP) is 0.958. The Morgan fingerprint density at radius 1 is 1.17 bits per heavy atom. The molecule has 11 heteroatoms. The smallest absolute Gasteiger partial charge is 0.325 e. The van der Waals surface area contributed by atoms with Gasteiger partial charge in [0.1, 0.15) is 11.9 Å². The van der Waals surface area contributed by atoms with Gasteiger partial charge < -0.3 is 14.8 Å². The molecule has 1 atom stereocenters. The number of carbonyl (C=O) groups is 2. The maximum atomic E-state index is 13.8. The van der Waals surface area contributed by atoms with Gasteiger partial charge in [0.05, 0.1) is 18.2 Å². The molecule has 9 nitrogen and oxygen atoms in total. The Kier molecular flexibility index (Phi) is 5.92. The van der Waals surface area contributed by atoms with Crippen molar-refractivity contribution < 1.29 is 32.6 Å². The first kappa shape index (κ1) is 21.2. The summed E-state index contributed by atoms with van der Waals surface area (Å²) in [5.74, 6) is -2.64. The lowest BCUT2D eigenvalue weighted by Crippen LogP contribution is -2.50. The molecule has 0 spiro atoms. The van der Waals surface area contributed by atoms with Gasteiger partial charge in [0.15, 0.2) is 0 Å². The van der Waals surface area contributed by atoms with E-state index in [-0.39, 0.29) is 39.1 Å². The van der Waals surface area contributed by atoms with Crippen LogP contribution in [0.15, 0.2) is 24.4 Å². The van der Waals surface area contributed by atoms with Gasteiger partial charge in [0.25, 0.3) is 0 Å². The second-order valence-corrected chi connectivity index (χ2v) is 9.00. The Bertz CT molecular complexity index is 1040. The Balaban J connectivity index is 1.97. The minimum absolute atomic E-state index is 0.0729. The number of nitrogens with zero attached hydrogens (tertiary/aromatic N) is 3. The first-order valence-electron chi connectivity index (χ1n) is 9.00. The van der Waals surface area contributed by atoms with E-state index in [0.29, 0.717) is 16.5 Å². The van der Waals surface area contributed by atoms with Gasteiger partial charge in [-0.25, -0.2) is 12.8 Å². The van der Waals surface area contributed by atoms with Crippen molar-refractivity contribution in [2.75, 3.05) is 32.4 Å². The number of hydrogen-bond acceptors (Lipinski definition) is 5. The van der Waals surface area contributed by atoms with E-state index >= 15 is 0 Å². The summed E-state index contributed by atoms with van der Waals surface area (Å²) in [6.45, 7) is 0.882. The fraction of sp³-hybridized carbons (Fsp3) is 0.444. The topological polar surface area (TPSA) is 120 Å². The molecule has 0 bridgehead atoms. The molecule has 1 fully saturated rings. The van der Waals surface area contributed by atoms with Crippen LogP contribution in [0, 0.1) is 5.82 Å². The van der Waals surface area contributed by atoms with E-state index in [0.717, 1.165) is 6.26 Å². The highest BCUT2D eigenvalue weighted by Crippen LogP contribution is 2.32. The molecule has 0 radical (unpaired) electrons. The van der Waals surface area contributed by atoms with E-state index in [1.165, 1.54) is 22.5 Å². The van der Waals surface area contributed by atoms with Crippen LogP contribution in [0.1, 0.15) is 18.0 Å². The molecule has 0 aliphatic carbocycles. The fourth-order valence-electron chi connectivity index (χ4n) is 3.69. The van der Waals surface area contributed by atoms with Gasteiger partial charge in [-0.15, -0.1) is 0 Å². The van der Waals surface area contributed by atoms with Crippen LogP contribution >= 0.6 is 0 Å². The molecule has 1 saturated heterocycles. The molecule has 1 aromatic heterocycles. The third-order valence-corrected chi connectivity index (χ3v) is 6.38. The first-order valence-corrected chi connectivity index (χ1v) is 10.8. The van der Waals surface area contributed by atoms with Crippen LogP contribution in [0.2, 0.25) is 0 Å². The normalized spacial score (nSPS) is 17.4. The van der Waals surface area contributed by atoms with Gasteiger partial charge in [-0.3, -0.25) is 14.5 Å². The van der Waals surface area contributed by atoms with E-state index in [4.69, 9.17) is 5.11 Å². The van der Waals surface area contributed by atoms with E-state index < -0.39 is 33.8 Å². The number of fused-ring (bicyclic) bond motifs is 1. The highest BCUT2D eigenvalue weighted by atomic mass is 32.2. The van der Waals surface area contributed by atoms with Crippen molar-refractivity contribution in [1.29, 1.82) is 0 Å². The molecule has 1 aliphatic heterocycles. The summed E-state index contributed by atoms with van der Waals surface area (Å²) in [6, 6.07) is 2.91. The largest absolute Gasteiger partial charge is 0.481 e. The van der Waals surface area contributed by atoms with Gasteiger partial charge in [-0.1, -0.05) is 0 Å². The molecule has 1 aromatic carbocycles. The molecular formula is C18H22FN3O6S. The Labute approximate surface area is 167 Å². The molecule has 0 saturated carbocycles. The Hall–Kier alpha value is -2.50. The zero-order valence-electron chi connectivity index (χ0n) is 15.8. The molecule has 3 rings (SSSR count). The van der Waals surface area contributed by atoms with Crippen LogP contribution in [-0.2, 0) is 26.2 Å². The zero-order valence-corrected chi connectivity index (χ0v) is 16.6. The molecule has 0 unspecified atom stereocenters. The van der Waals surface area contributed by atoms with Crippen LogP contribution < -0.4 is 0 Å². The average molecular weight is 427 g/mol. The maximum Gasteiger partial charge on any atom is 0.325 e. The fourth-order valence-corrected chi connectivity index (χ4v) is 4.52. The number of halogens is 1. The first-order chi connectivity index (χ1) is 13.6. The standard InChI is InChI=1S/C18H22FN3O6S/c1-29(27,28)22-8-6-20(7-9-22)17(18(25)26)14-11-21(5-4-16(23)24)15-10-12(19)2-3-13(14)15/h2-3,10-11,17H,4-9H2,1H3,(H,23,24)(H,25,26)/t17-/m0/s1. The number of rotatable bonds is 7. The summed E-state index contributed by atoms with van der Waals surface area (Å²) < 4.78 is 40.0. The van der Waals surface area contributed by atoms with Gasteiger partial charge >= 0.3 is 11.9 Å². The minimum atomic E-state index is -3.35. The molecule has 2 heterocycles. The molecule has 2 N–H and O–H groups in total. The number of piperazine rings is 1. The lowest BCUT2D eigenvalue weighted by atomic mass is 10.0. The van der Waals surface area contributed by atoms with E-state index in [2.05, 4.69) is 0 Å². The second kappa shape index (κ2) is 8.09. The lowest BCUT2D eigenvalue weighted by Gasteiger charge is -2.36. The van der Waals surface area contributed by atoms with E-state index in [9.17, 15) is 27.5 Å². The summed E-state index contributed by atoms with van der Waals surface area (Å²) in [5, 5.41) is 19.4. The summed E-state index contributed by atoms with van der Waals surface area (Å²) in [4.78, 5) is 24.7. The van der Waals surface area contributed by atoms with E-state index in [1.54, 1.807) is 15.7 Å². The second-order valence-electron chi connectivity index (χ2n) is 7.02. The van der Waals surface area contributed by atoms with Crippen molar-refractivity contribution in [2.45, 2.75) is 19.0 Å². The van der Waals surface area contributed by atoms with Crippen LogP contribution in [0.5, 0.6) is 0 Å². The van der Waals surface area contributed by atoms with Gasteiger partial charge in [0.2, 0.25) is 10.0 Å². The Morgan fingerprint density at radius 2 is 1.83 bits per heavy atom. The minimum Gasteiger partial charge on any atom is -0.481 e. The van der Waals surface area contributed by atoms with Gasteiger partial charge in [-0.2, -0.15) is 4.31 Å². The highest BCUT2D eigenvalue weighted by molar-refractivity contribution is 7.88. The van der Waals surface area contributed by atoms with Gasteiger partial charge in [-0.05, 0) is 18.2 Å². The highest BCUT2D eigenvalue weighted by Gasteiger charge is 2.34. The van der Waals surface area contributed by atoms with Crippen molar-refractivity contribution >= 4 is 32.9 Å². The van der Waals surface area contributed by atoms with Crippen LogP contribution in [-0.4, -0.2) is 76.8 Å². The number of hydrogen-bond donors (Lipinski definition) is 2. The number of benzene rings is 1. The maximum absolute atomic E-state index is 13.8. The molecule has 1 aliphatic rings. The lowest BCUT2D eigenvalue weighted by molar-refractivity contribution is -0.144. The summed E-state index contributed by atoms with van der Waals surface area (Å²) in [7, 11) is -3.35. The Morgan fingerprint density at radius 3 is 2.38 bits per heavy atom. The van der Waals surface area contributed by atoms with Gasteiger partial charge in [0, 0.05) is 49.9 Å². The number of carboxylic acid groups (broad SMARTS) is 2. The zero-order chi connectivity index (χ0) is 21.3. The van der Waals surface area contributed by atoms with E-state index in [1.807, 2.05) is 0 Å². The van der Waals surface area contributed by atoms with Crippen molar-refractivity contribution in [2.24, 2.45) is 0 Å². The molecule has 29 heavy (non-hydrogen) atoms. The monoisotopic (exact) mass is 427 g/mol. The van der Waals surface area contributed by atoms with Crippen LogP contribution in [0.4, 0.5) is 4.39 Å². The summed E-state index contributed by atoms with van der Waals surface area (Å²) >= 11 is 0. The van der Waals surface area contributed by atoms with Crippen molar-refractivity contribution in [3.63, 3.8) is 0 Å². The number of aliphatic carboxylic acids is 2. The molecule has 0 amide bonds. The quantitative estimate of drug-likeness (QED) is 0.675. The number of aryl methyl sites for hydroxylation is 1. The van der Waals surface area contributed by atoms with Crippen LogP contribution in [0.3, 0.4) is 0 Å². The number of aromatic nitrogens is 1. The molecule has 2 aromatic rings. The molecular weight excluding hydrogens is 405 g/mol. The van der Waals surface area contributed by atoms with Crippen LogP contribution in [0.25, 0.3) is 10.9 Å². The predicted molar refractivity (Wildman–Crippen MR) is 103 cm³/mol. The van der Waals surface area contributed by atoms with Crippen molar-refractivity contribution in [3.05, 3.63) is 35.8 Å². The molecule has 158 valence electrons.